The zero-order valence-electron chi connectivity index (χ0n) is 9.56. The Morgan fingerprint density at radius 1 is 1.44 bits per heavy atom. The van der Waals surface area contributed by atoms with E-state index in [0.717, 1.165) is 6.07 Å². The van der Waals surface area contributed by atoms with Gasteiger partial charge in [-0.3, -0.25) is 4.79 Å². The van der Waals surface area contributed by atoms with Gasteiger partial charge in [0.1, 0.15) is 5.82 Å². The van der Waals surface area contributed by atoms with Crippen LogP contribution < -0.4 is 0 Å². The summed E-state index contributed by atoms with van der Waals surface area (Å²) in [4.78, 5) is 10.5. The molecule has 0 aliphatic carbocycles. The lowest BCUT2D eigenvalue weighted by Gasteiger charge is -2.11. The van der Waals surface area contributed by atoms with Crippen LogP contribution in [-0.4, -0.2) is 24.7 Å². The van der Waals surface area contributed by atoms with Gasteiger partial charge < -0.3 is 5.11 Å². The quantitative estimate of drug-likeness (QED) is 0.894. The lowest BCUT2D eigenvalue weighted by molar-refractivity contribution is -0.136. The topological polar surface area (TPSA) is 71.4 Å². The molecule has 1 aromatic carbocycles. The zero-order valence-corrected chi connectivity index (χ0v) is 12.0. The molecule has 0 spiro atoms. The summed E-state index contributed by atoms with van der Waals surface area (Å²) in [7, 11) is -3.61. The molecular weight excluding hydrogens is 327 g/mol. The Balaban J connectivity index is 2.91. The Bertz CT molecular complexity index is 536. The molecule has 0 amide bonds. The first-order valence-corrected chi connectivity index (χ1v) is 7.60. The van der Waals surface area contributed by atoms with Gasteiger partial charge in [0, 0.05) is 4.47 Å². The Kier molecular flexibility index (Phi) is 4.86. The number of carbonyl (C=O) groups is 1. The van der Waals surface area contributed by atoms with Crippen LogP contribution >= 0.6 is 15.9 Å². The molecule has 1 aromatic rings. The van der Waals surface area contributed by atoms with Crippen molar-refractivity contribution in [2.45, 2.75) is 24.3 Å². The number of benzene rings is 1. The van der Waals surface area contributed by atoms with Gasteiger partial charge in [-0.25, -0.2) is 12.8 Å². The number of sulfone groups is 1. The van der Waals surface area contributed by atoms with Gasteiger partial charge in [-0.1, -0.05) is 15.9 Å². The molecule has 1 rings (SSSR count). The van der Waals surface area contributed by atoms with Crippen molar-refractivity contribution in [2.24, 2.45) is 0 Å². The van der Waals surface area contributed by atoms with E-state index in [9.17, 15) is 17.6 Å². The van der Waals surface area contributed by atoms with Crippen molar-refractivity contribution in [3.05, 3.63) is 34.1 Å². The molecule has 0 radical (unpaired) electrons. The second kappa shape index (κ2) is 5.79. The van der Waals surface area contributed by atoms with Gasteiger partial charge in [-0.05, 0) is 30.7 Å². The maximum Gasteiger partial charge on any atom is 0.304 e. The van der Waals surface area contributed by atoms with Gasteiger partial charge in [0.25, 0.3) is 0 Å². The standard InChI is InChI=1S/C11H12BrFO4S/c1-7(2-11(14)15)18(16,17)6-8-3-9(12)5-10(13)4-8/h3-5,7H,2,6H2,1H3,(H,14,15). The van der Waals surface area contributed by atoms with Crippen molar-refractivity contribution >= 4 is 31.7 Å². The Morgan fingerprint density at radius 2 is 2.06 bits per heavy atom. The number of halogens is 2. The van der Waals surface area contributed by atoms with Crippen molar-refractivity contribution in [3.63, 3.8) is 0 Å². The summed E-state index contributed by atoms with van der Waals surface area (Å²) in [6.45, 7) is 1.33. The summed E-state index contributed by atoms with van der Waals surface area (Å²) in [5.74, 6) is -2.09. The number of rotatable bonds is 5. The number of hydrogen-bond acceptors (Lipinski definition) is 3. The van der Waals surface area contributed by atoms with Gasteiger partial charge in [0.2, 0.25) is 0 Å². The average molecular weight is 339 g/mol. The van der Waals surface area contributed by atoms with Crippen LogP contribution in [0, 0.1) is 5.82 Å². The van der Waals surface area contributed by atoms with Crippen molar-refractivity contribution < 1.29 is 22.7 Å². The molecule has 1 atom stereocenters. The predicted octanol–water partition coefficient (Wildman–Crippen LogP) is 2.37. The first kappa shape index (κ1) is 15.1. The smallest absolute Gasteiger partial charge is 0.304 e. The van der Waals surface area contributed by atoms with E-state index < -0.39 is 33.3 Å². The van der Waals surface area contributed by atoms with Crippen LogP contribution in [0.15, 0.2) is 22.7 Å². The van der Waals surface area contributed by atoms with E-state index in [1.165, 1.54) is 19.1 Å². The maximum atomic E-state index is 13.1. The molecule has 18 heavy (non-hydrogen) atoms. The van der Waals surface area contributed by atoms with Gasteiger partial charge in [-0.2, -0.15) is 0 Å². The Hall–Kier alpha value is -0.950. The van der Waals surface area contributed by atoms with E-state index in [4.69, 9.17) is 5.11 Å². The van der Waals surface area contributed by atoms with Crippen LogP contribution in [-0.2, 0) is 20.4 Å². The lowest BCUT2D eigenvalue weighted by Crippen LogP contribution is -2.22. The van der Waals surface area contributed by atoms with Crippen LogP contribution in [0.25, 0.3) is 0 Å². The molecule has 0 aliphatic heterocycles. The van der Waals surface area contributed by atoms with Crippen molar-refractivity contribution in [3.8, 4) is 0 Å². The van der Waals surface area contributed by atoms with Crippen LogP contribution in [0.1, 0.15) is 18.9 Å². The van der Waals surface area contributed by atoms with Crippen molar-refractivity contribution in [2.75, 3.05) is 0 Å². The summed E-state index contributed by atoms with van der Waals surface area (Å²) in [6, 6.07) is 3.83. The van der Waals surface area contributed by atoms with Gasteiger partial charge in [-0.15, -0.1) is 0 Å². The molecule has 0 bridgehead atoms. The Morgan fingerprint density at radius 3 is 2.56 bits per heavy atom. The number of carboxylic acids is 1. The van der Waals surface area contributed by atoms with E-state index in [2.05, 4.69) is 15.9 Å². The van der Waals surface area contributed by atoms with E-state index in [-0.39, 0.29) is 5.75 Å². The highest BCUT2D eigenvalue weighted by Crippen LogP contribution is 2.19. The minimum atomic E-state index is -3.61. The van der Waals surface area contributed by atoms with Crippen LogP contribution in [0.4, 0.5) is 4.39 Å². The molecule has 0 aliphatic rings. The number of aliphatic carboxylic acids is 1. The fourth-order valence-electron chi connectivity index (χ4n) is 1.44. The van der Waals surface area contributed by atoms with E-state index >= 15 is 0 Å². The molecule has 0 heterocycles. The van der Waals surface area contributed by atoms with Crippen LogP contribution in [0.3, 0.4) is 0 Å². The zero-order chi connectivity index (χ0) is 13.9. The molecule has 1 N–H and O–H groups in total. The summed E-state index contributed by atoms with van der Waals surface area (Å²) >= 11 is 3.07. The fourth-order valence-corrected chi connectivity index (χ4v) is 3.27. The first-order valence-electron chi connectivity index (χ1n) is 5.09. The minimum absolute atomic E-state index is 0.291. The number of carboxylic acid groups (broad SMARTS) is 1. The third-order valence-electron chi connectivity index (χ3n) is 2.37. The highest BCUT2D eigenvalue weighted by Gasteiger charge is 2.24. The average Bonchev–Trinajstić information content (AvgIpc) is 2.13. The molecule has 1 unspecified atom stereocenters. The van der Waals surface area contributed by atoms with E-state index in [1.807, 2.05) is 0 Å². The third kappa shape index (κ3) is 4.38. The third-order valence-corrected chi connectivity index (χ3v) is 4.95. The maximum absolute atomic E-state index is 13.1. The highest BCUT2D eigenvalue weighted by molar-refractivity contribution is 9.10. The summed E-state index contributed by atoms with van der Waals surface area (Å²) in [5, 5.41) is 7.57. The first-order chi connectivity index (χ1) is 8.20. The van der Waals surface area contributed by atoms with Crippen LogP contribution in [0.2, 0.25) is 0 Å². The molecule has 7 heteroatoms. The van der Waals surface area contributed by atoms with Gasteiger partial charge in [0.15, 0.2) is 9.84 Å². The molecule has 100 valence electrons. The largest absolute Gasteiger partial charge is 0.481 e. The summed E-state index contributed by atoms with van der Waals surface area (Å²) in [6.07, 6.45) is -0.460. The molecular formula is C11H12BrFO4S. The monoisotopic (exact) mass is 338 g/mol. The molecule has 0 saturated heterocycles. The summed E-state index contributed by atoms with van der Waals surface area (Å²) < 4.78 is 37.3. The normalized spacial score (nSPS) is 13.3. The van der Waals surface area contributed by atoms with E-state index in [0.29, 0.717) is 10.0 Å². The highest BCUT2D eigenvalue weighted by atomic mass is 79.9. The van der Waals surface area contributed by atoms with Crippen LogP contribution in [0.5, 0.6) is 0 Å². The molecule has 0 saturated carbocycles. The second-order valence-corrected chi connectivity index (χ2v) is 7.33. The van der Waals surface area contributed by atoms with Gasteiger partial charge in [0.05, 0.1) is 17.4 Å². The molecule has 0 aromatic heterocycles. The predicted molar refractivity (Wildman–Crippen MR) is 68.4 cm³/mol. The minimum Gasteiger partial charge on any atom is -0.481 e. The van der Waals surface area contributed by atoms with Crippen molar-refractivity contribution in [1.82, 2.24) is 0 Å². The molecule has 4 nitrogen and oxygen atoms in total. The number of hydrogen-bond donors (Lipinski definition) is 1. The SMILES string of the molecule is CC(CC(=O)O)S(=O)(=O)Cc1cc(F)cc(Br)c1. The lowest BCUT2D eigenvalue weighted by atomic mass is 10.2. The summed E-state index contributed by atoms with van der Waals surface area (Å²) in [5.41, 5.74) is 0.291. The molecule has 0 fully saturated rings. The Labute approximate surface area is 113 Å². The fraction of sp³-hybridized carbons (Fsp3) is 0.364. The second-order valence-electron chi connectivity index (χ2n) is 3.99. The van der Waals surface area contributed by atoms with Gasteiger partial charge >= 0.3 is 5.97 Å². The van der Waals surface area contributed by atoms with E-state index in [1.54, 1.807) is 0 Å². The van der Waals surface area contributed by atoms with Crippen molar-refractivity contribution in [1.29, 1.82) is 0 Å².